The molecule has 1 N–H and O–H groups in total. The van der Waals surface area contributed by atoms with Gasteiger partial charge in [-0.1, -0.05) is 30.3 Å². The molecule has 0 unspecified atom stereocenters. The van der Waals surface area contributed by atoms with Gasteiger partial charge in [-0.15, -0.1) is 0 Å². The molecule has 0 spiro atoms. The molecule has 0 aliphatic carbocycles. The summed E-state index contributed by atoms with van der Waals surface area (Å²) >= 11 is 6.65. The average molecular weight is 574 g/mol. The Morgan fingerprint density at radius 1 is 0.812 bits per heavy atom. The Balaban J connectivity index is 0.000000323. The largest absolute Gasteiger partial charge is 0.497 e. The Hall–Kier alpha value is -1.38. The van der Waals surface area contributed by atoms with Crippen LogP contribution in [-0.2, 0) is 22.7 Å². The fourth-order valence-corrected chi connectivity index (χ4v) is 2.88. The van der Waals surface area contributed by atoms with Crippen molar-refractivity contribution in [1.82, 2.24) is 0 Å². The van der Waals surface area contributed by atoms with E-state index in [1.807, 2.05) is 61.5 Å². The highest BCUT2D eigenvalue weighted by Gasteiger charge is 2.02. The number of ether oxygens (including phenoxy) is 4. The summed E-state index contributed by atoms with van der Waals surface area (Å²) in [7, 11) is 3.31. The summed E-state index contributed by atoms with van der Waals surface area (Å²) in [5.41, 5.74) is 2.26. The molecule has 2 aromatic carbocycles. The van der Waals surface area contributed by atoms with Crippen molar-refractivity contribution in [2.75, 3.05) is 20.8 Å². The first-order valence-corrected chi connectivity index (χ1v) is 12.1. The van der Waals surface area contributed by atoms with Gasteiger partial charge in [-0.3, -0.25) is 0 Å². The van der Waals surface area contributed by atoms with E-state index in [0.717, 1.165) is 32.4 Å². The number of benzene rings is 2. The number of hydrogen-bond donors (Lipinski definition) is 1. The Bertz CT molecular complexity index is 759. The lowest BCUT2D eigenvalue weighted by atomic mass is 10.2. The van der Waals surface area contributed by atoms with Crippen LogP contribution in [0.5, 0.6) is 11.5 Å². The Morgan fingerprint density at radius 3 is 1.62 bits per heavy atom. The van der Waals surface area contributed by atoms with Gasteiger partial charge in [-0.25, -0.2) is 0 Å². The van der Waals surface area contributed by atoms with Crippen molar-refractivity contribution in [3.8, 4) is 11.5 Å². The lowest BCUT2D eigenvalue weighted by Crippen LogP contribution is -2.09. The van der Waals surface area contributed by atoms with E-state index >= 15 is 0 Å². The molecule has 0 saturated carbocycles. The van der Waals surface area contributed by atoms with Crippen molar-refractivity contribution >= 4 is 31.9 Å². The van der Waals surface area contributed by atoms with Gasteiger partial charge in [0.25, 0.3) is 0 Å². The van der Waals surface area contributed by atoms with Gasteiger partial charge in [0.2, 0.25) is 0 Å². The molecular weight excluding hydrogens is 540 g/mol. The molecule has 2 rings (SSSR count). The van der Waals surface area contributed by atoms with E-state index in [4.69, 9.17) is 24.1 Å². The van der Waals surface area contributed by atoms with Crippen LogP contribution in [0.25, 0.3) is 0 Å². The van der Waals surface area contributed by atoms with Gasteiger partial charge in [0, 0.05) is 6.61 Å². The minimum absolute atomic E-state index is 0.0945. The number of hydrogen-bond acceptors (Lipinski definition) is 5. The summed E-state index contributed by atoms with van der Waals surface area (Å²) in [5, 5.41) is 8.71. The smallest absolute Gasteiger partial charge is 0.118 e. The molecule has 5 nitrogen and oxygen atoms in total. The van der Waals surface area contributed by atoms with E-state index in [9.17, 15) is 0 Å². The third-order valence-electron chi connectivity index (χ3n) is 4.53. The molecule has 0 fully saturated rings. The van der Waals surface area contributed by atoms with Crippen molar-refractivity contribution in [1.29, 1.82) is 0 Å². The predicted molar refractivity (Wildman–Crippen MR) is 137 cm³/mol. The molecule has 0 aliphatic rings. The number of halogens is 2. The number of rotatable bonds is 12. The highest BCUT2D eigenvalue weighted by Crippen LogP contribution is 2.17. The normalized spacial score (nSPS) is 12.2. The summed E-state index contributed by atoms with van der Waals surface area (Å²) in [6, 6.07) is 15.7. The molecule has 0 radical (unpaired) electrons. The minimum Gasteiger partial charge on any atom is -0.497 e. The van der Waals surface area contributed by atoms with Crippen molar-refractivity contribution < 1.29 is 24.1 Å². The maximum absolute atomic E-state index is 8.71. The van der Waals surface area contributed by atoms with Gasteiger partial charge in [0.1, 0.15) is 11.5 Å². The first-order valence-electron chi connectivity index (χ1n) is 10.5. The molecule has 0 heterocycles. The molecule has 0 aromatic heterocycles. The minimum atomic E-state index is 0.0945. The van der Waals surface area contributed by atoms with Crippen molar-refractivity contribution in [3.05, 3.63) is 69.1 Å². The van der Waals surface area contributed by atoms with Gasteiger partial charge < -0.3 is 24.1 Å². The predicted octanol–water partition coefficient (Wildman–Crippen LogP) is 6.60. The van der Waals surface area contributed by atoms with Gasteiger partial charge in [0.05, 0.1) is 43.0 Å². The van der Waals surface area contributed by atoms with Crippen LogP contribution in [-0.4, -0.2) is 38.1 Å². The Labute approximate surface area is 209 Å². The quantitative estimate of drug-likeness (QED) is 0.310. The highest BCUT2D eigenvalue weighted by molar-refractivity contribution is 9.28. The van der Waals surface area contributed by atoms with Gasteiger partial charge in [-0.2, -0.15) is 0 Å². The fraction of sp³-hybridized carbons (Fsp3) is 0.440. The lowest BCUT2D eigenvalue weighted by Gasteiger charge is -2.11. The molecule has 0 bridgehead atoms. The average Bonchev–Trinajstić information content (AvgIpc) is 2.81. The summed E-state index contributed by atoms with van der Waals surface area (Å²) < 4.78 is 22.4. The van der Waals surface area contributed by atoms with Gasteiger partial charge in [0.15, 0.2) is 0 Å². The van der Waals surface area contributed by atoms with Crippen molar-refractivity contribution in [2.24, 2.45) is 0 Å². The molecule has 0 saturated heterocycles. The molecule has 32 heavy (non-hydrogen) atoms. The van der Waals surface area contributed by atoms with E-state index < -0.39 is 0 Å². The zero-order valence-electron chi connectivity index (χ0n) is 19.2. The summed E-state index contributed by atoms with van der Waals surface area (Å²) in [6.07, 6.45) is 3.89. The SMILES string of the molecule is COc1ccc(CO[C@@H](C)CC=C(Br)Br)cc1.COc1ccc(CO[C@@H](C)CCO)cc1. The zero-order valence-corrected chi connectivity index (χ0v) is 22.4. The molecule has 2 atom stereocenters. The fourth-order valence-electron chi connectivity index (χ4n) is 2.51. The Kier molecular flexibility index (Phi) is 15.3. The second-order valence-corrected chi connectivity index (χ2v) is 9.95. The first-order chi connectivity index (χ1) is 15.4. The van der Waals surface area contributed by atoms with Gasteiger partial charge >= 0.3 is 0 Å². The van der Waals surface area contributed by atoms with Crippen LogP contribution in [0.3, 0.4) is 0 Å². The third kappa shape index (κ3) is 13.2. The van der Waals surface area contributed by atoms with Crippen molar-refractivity contribution in [2.45, 2.75) is 52.1 Å². The van der Waals surface area contributed by atoms with Crippen molar-refractivity contribution in [3.63, 3.8) is 0 Å². The molecule has 2 aromatic rings. The van der Waals surface area contributed by atoms with E-state index in [-0.39, 0.29) is 18.8 Å². The number of aliphatic hydroxyl groups excluding tert-OH is 1. The maximum atomic E-state index is 8.71. The second-order valence-electron chi connectivity index (χ2n) is 7.18. The molecule has 178 valence electrons. The van der Waals surface area contributed by atoms with E-state index in [1.165, 1.54) is 0 Å². The number of aliphatic hydroxyl groups is 1. The molecule has 7 heteroatoms. The monoisotopic (exact) mass is 572 g/mol. The maximum Gasteiger partial charge on any atom is 0.118 e. The Morgan fingerprint density at radius 2 is 1.25 bits per heavy atom. The lowest BCUT2D eigenvalue weighted by molar-refractivity contribution is 0.0363. The van der Waals surface area contributed by atoms with Crippen LogP contribution in [0.1, 0.15) is 37.8 Å². The summed E-state index contributed by atoms with van der Waals surface area (Å²) in [4.78, 5) is 0. The zero-order chi connectivity index (χ0) is 23.8. The van der Waals surface area contributed by atoms with Crippen LogP contribution in [0.2, 0.25) is 0 Å². The third-order valence-corrected chi connectivity index (χ3v) is 5.17. The molecule has 0 aliphatic heterocycles. The van der Waals surface area contributed by atoms with Crippen LogP contribution in [0, 0.1) is 0 Å². The highest BCUT2D eigenvalue weighted by atomic mass is 79.9. The molecular formula is C25H34Br2O5. The topological polar surface area (TPSA) is 57.2 Å². The first kappa shape index (κ1) is 28.7. The standard InChI is InChI=1S/C13H16Br2O2.C12H18O3/c1-10(3-8-13(14)15)17-9-11-4-6-12(16-2)7-5-11;1-10(7-8-13)15-9-11-3-5-12(14-2)6-4-11/h4-8,10H,3,9H2,1-2H3;3-6,10,13H,7-9H2,1-2H3/t2*10-/m00/s1. The van der Waals surface area contributed by atoms with Crippen LogP contribution >= 0.6 is 31.9 Å². The second kappa shape index (κ2) is 17.1. The van der Waals surface area contributed by atoms with Crippen LogP contribution in [0.15, 0.2) is 58.0 Å². The summed E-state index contributed by atoms with van der Waals surface area (Å²) in [6.45, 7) is 5.39. The van der Waals surface area contributed by atoms with Crippen LogP contribution in [0.4, 0.5) is 0 Å². The van der Waals surface area contributed by atoms with E-state index in [0.29, 0.717) is 19.6 Å². The van der Waals surface area contributed by atoms with Crippen LogP contribution < -0.4 is 9.47 Å². The number of methoxy groups -OCH3 is 2. The van der Waals surface area contributed by atoms with E-state index in [2.05, 4.69) is 38.8 Å². The summed E-state index contributed by atoms with van der Waals surface area (Å²) in [5.74, 6) is 1.72. The molecule has 0 amide bonds. The van der Waals surface area contributed by atoms with Gasteiger partial charge in [-0.05, 0) is 93.9 Å². The van der Waals surface area contributed by atoms with E-state index in [1.54, 1.807) is 14.2 Å².